The van der Waals surface area contributed by atoms with Crippen molar-refractivity contribution in [2.45, 2.75) is 6.54 Å². The number of hydrogen-bond donors (Lipinski definition) is 1. The van der Waals surface area contributed by atoms with Crippen LogP contribution < -0.4 is 24.3 Å². The molecule has 1 N–H and O–H groups in total. The van der Waals surface area contributed by atoms with Crippen LogP contribution in [0.3, 0.4) is 0 Å². The lowest BCUT2D eigenvalue weighted by molar-refractivity contribution is -0.116. The van der Waals surface area contributed by atoms with E-state index < -0.39 is 0 Å². The van der Waals surface area contributed by atoms with E-state index in [1.807, 2.05) is 36.4 Å². The van der Waals surface area contributed by atoms with Gasteiger partial charge in [0.1, 0.15) is 0 Å². The van der Waals surface area contributed by atoms with E-state index in [0.717, 1.165) is 22.6 Å². The Kier molecular flexibility index (Phi) is 3.70. The molecule has 2 heterocycles. The van der Waals surface area contributed by atoms with Crippen molar-refractivity contribution < 1.29 is 23.7 Å². The maximum absolute atomic E-state index is 11.9. The van der Waals surface area contributed by atoms with E-state index in [9.17, 15) is 4.79 Å². The first-order valence-electron chi connectivity index (χ1n) is 7.52. The summed E-state index contributed by atoms with van der Waals surface area (Å²) in [6.07, 6.45) is 3.22. The molecule has 0 saturated carbocycles. The highest BCUT2D eigenvalue weighted by molar-refractivity contribution is 5.91. The molecule has 2 aliphatic rings. The van der Waals surface area contributed by atoms with Crippen LogP contribution in [0.2, 0.25) is 0 Å². The summed E-state index contributed by atoms with van der Waals surface area (Å²) in [6, 6.07) is 11.1. The van der Waals surface area contributed by atoms with Crippen LogP contribution in [0.5, 0.6) is 23.0 Å². The van der Waals surface area contributed by atoms with Gasteiger partial charge in [-0.3, -0.25) is 4.79 Å². The monoisotopic (exact) mass is 325 g/mol. The minimum Gasteiger partial charge on any atom is -0.454 e. The second-order valence-electron chi connectivity index (χ2n) is 5.35. The lowest BCUT2D eigenvalue weighted by Gasteiger charge is -2.04. The van der Waals surface area contributed by atoms with Gasteiger partial charge in [-0.1, -0.05) is 12.1 Å². The summed E-state index contributed by atoms with van der Waals surface area (Å²) in [5.74, 6) is 2.67. The van der Waals surface area contributed by atoms with Crippen molar-refractivity contribution in [3.63, 3.8) is 0 Å². The summed E-state index contributed by atoms with van der Waals surface area (Å²) in [6.45, 7) is 0.892. The van der Waals surface area contributed by atoms with Gasteiger partial charge in [0.05, 0.1) is 0 Å². The third-order valence-corrected chi connectivity index (χ3v) is 3.73. The summed E-state index contributed by atoms with van der Waals surface area (Å²) in [7, 11) is 0. The number of amides is 1. The van der Waals surface area contributed by atoms with E-state index in [1.54, 1.807) is 6.08 Å². The fourth-order valence-electron chi connectivity index (χ4n) is 2.49. The van der Waals surface area contributed by atoms with E-state index >= 15 is 0 Å². The Morgan fingerprint density at radius 2 is 1.58 bits per heavy atom. The Morgan fingerprint density at radius 3 is 2.38 bits per heavy atom. The molecule has 2 aromatic carbocycles. The maximum Gasteiger partial charge on any atom is 0.244 e. The van der Waals surface area contributed by atoms with Crippen molar-refractivity contribution in [3.05, 3.63) is 53.6 Å². The minimum atomic E-state index is -0.176. The van der Waals surface area contributed by atoms with Crippen molar-refractivity contribution in [1.29, 1.82) is 0 Å². The number of rotatable bonds is 4. The molecule has 0 atom stereocenters. The van der Waals surface area contributed by atoms with Crippen LogP contribution in [0.15, 0.2) is 42.5 Å². The van der Waals surface area contributed by atoms with Gasteiger partial charge in [0.25, 0.3) is 0 Å². The first-order chi connectivity index (χ1) is 11.8. The molecule has 1 amide bonds. The zero-order chi connectivity index (χ0) is 16.4. The summed E-state index contributed by atoms with van der Waals surface area (Å²) < 4.78 is 21.1. The third kappa shape index (κ3) is 2.99. The van der Waals surface area contributed by atoms with Crippen LogP contribution in [0.25, 0.3) is 6.08 Å². The standard InChI is InChI=1S/C18H15NO5/c20-18(6-3-12-1-4-14-16(7-12)23-10-21-14)19-9-13-2-5-15-17(8-13)24-11-22-15/h1-8H,9-11H2,(H,19,20)/b6-3-. The molecule has 0 saturated heterocycles. The molecule has 122 valence electrons. The molecule has 0 aliphatic carbocycles. The highest BCUT2D eigenvalue weighted by Gasteiger charge is 2.14. The van der Waals surface area contributed by atoms with Gasteiger partial charge in [-0.2, -0.15) is 0 Å². The molecule has 0 radical (unpaired) electrons. The van der Waals surface area contributed by atoms with Crippen molar-refractivity contribution in [2.75, 3.05) is 13.6 Å². The van der Waals surface area contributed by atoms with Crippen LogP contribution in [0.1, 0.15) is 11.1 Å². The number of carbonyl (C=O) groups excluding carboxylic acids is 1. The molecular weight excluding hydrogens is 310 g/mol. The third-order valence-electron chi connectivity index (χ3n) is 3.73. The molecule has 0 aromatic heterocycles. The molecule has 24 heavy (non-hydrogen) atoms. The van der Waals surface area contributed by atoms with Crippen molar-refractivity contribution in [2.24, 2.45) is 0 Å². The molecule has 2 aromatic rings. The SMILES string of the molecule is O=C(/C=C\c1ccc2c(c1)OCO2)NCc1ccc2c(c1)OCO2. The summed E-state index contributed by atoms with van der Waals surface area (Å²) >= 11 is 0. The molecular formula is C18H15NO5. The number of carbonyl (C=O) groups is 1. The number of ether oxygens (including phenoxy) is 4. The van der Waals surface area contributed by atoms with Gasteiger partial charge >= 0.3 is 0 Å². The number of fused-ring (bicyclic) bond motifs is 2. The second-order valence-corrected chi connectivity index (χ2v) is 5.35. The first-order valence-corrected chi connectivity index (χ1v) is 7.52. The topological polar surface area (TPSA) is 66.0 Å². The predicted molar refractivity (Wildman–Crippen MR) is 86.0 cm³/mol. The fourth-order valence-corrected chi connectivity index (χ4v) is 2.49. The second kappa shape index (κ2) is 6.16. The summed E-state index contributed by atoms with van der Waals surface area (Å²) in [5.41, 5.74) is 1.82. The Labute approximate surface area is 138 Å². The van der Waals surface area contributed by atoms with E-state index in [-0.39, 0.29) is 19.5 Å². The fraction of sp³-hybridized carbons (Fsp3) is 0.167. The van der Waals surface area contributed by atoms with Crippen LogP contribution >= 0.6 is 0 Å². The van der Waals surface area contributed by atoms with E-state index in [1.165, 1.54) is 6.08 Å². The lowest BCUT2D eigenvalue weighted by atomic mass is 10.2. The van der Waals surface area contributed by atoms with E-state index in [4.69, 9.17) is 18.9 Å². The lowest BCUT2D eigenvalue weighted by Crippen LogP contribution is -2.20. The zero-order valence-electron chi connectivity index (χ0n) is 12.8. The average Bonchev–Trinajstić information content (AvgIpc) is 3.25. The molecule has 2 aliphatic heterocycles. The molecule has 0 bridgehead atoms. The van der Waals surface area contributed by atoms with Crippen LogP contribution in [0.4, 0.5) is 0 Å². The molecule has 4 rings (SSSR count). The normalized spacial score (nSPS) is 14.2. The molecule has 0 spiro atoms. The Bertz CT molecular complexity index is 815. The van der Waals surface area contributed by atoms with E-state index in [2.05, 4.69) is 5.32 Å². The van der Waals surface area contributed by atoms with Crippen molar-refractivity contribution in [1.82, 2.24) is 5.32 Å². The Hall–Kier alpha value is -3.15. The van der Waals surface area contributed by atoms with Gasteiger partial charge in [-0.25, -0.2) is 0 Å². The largest absolute Gasteiger partial charge is 0.454 e. The minimum absolute atomic E-state index is 0.176. The molecule has 6 heteroatoms. The number of benzene rings is 2. The van der Waals surface area contributed by atoms with Crippen molar-refractivity contribution in [3.8, 4) is 23.0 Å². The zero-order valence-corrected chi connectivity index (χ0v) is 12.8. The molecule has 0 fully saturated rings. The average molecular weight is 325 g/mol. The smallest absolute Gasteiger partial charge is 0.244 e. The van der Waals surface area contributed by atoms with Crippen LogP contribution in [-0.2, 0) is 11.3 Å². The maximum atomic E-state index is 11.9. The van der Waals surface area contributed by atoms with Crippen molar-refractivity contribution >= 4 is 12.0 Å². The van der Waals surface area contributed by atoms with Gasteiger partial charge in [0.15, 0.2) is 23.0 Å². The van der Waals surface area contributed by atoms with Gasteiger partial charge in [0, 0.05) is 12.6 Å². The van der Waals surface area contributed by atoms with Gasteiger partial charge < -0.3 is 24.3 Å². The molecule has 0 unspecified atom stereocenters. The first kappa shape index (κ1) is 14.4. The quantitative estimate of drug-likeness (QED) is 0.875. The van der Waals surface area contributed by atoms with Gasteiger partial charge in [-0.15, -0.1) is 0 Å². The highest BCUT2D eigenvalue weighted by atomic mass is 16.7. The number of hydrogen-bond acceptors (Lipinski definition) is 5. The Balaban J connectivity index is 1.35. The van der Waals surface area contributed by atoms with Gasteiger partial charge in [0.2, 0.25) is 19.5 Å². The summed E-state index contributed by atoms with van der Waals surface area (Å²) in [5, 5.41) is 2.83. The molecule has 6 nitrogen and oxygen atoms in total. The van der Waals surface area contributed by atoms with Crippen LogP contribution in [0, 0.1) is 0 Å². The highest BCUT2D eigenvalue weighted by Crippen LogP contribution is 2.33. The predicted octanol–water partition coefficient (Wildman–Crippen LogP) is 2.47. The van der Waals surface area contributed by atoms with E-state index in [0.29, 0.717) is 18.0 Å². The summed E-state index contributed by atoms with van der Waals surface area (Å²) in [4.78, 5) is 11.9. The number of nitrogens with one attached hydrogen (secondary N) is 1. The Morgan fingerprint density at radius 1 is 0.917 bits per heavy atom. The van der Waals surface area contributed by atoms with Gasteiger partial charge in [-0.05, 0) is 41.5 Å². The van der Waals surface area contributed by atoms with Crippen LogP contribution in [-0.4, -0.2) is 19.5 Å².